The molecule has 4 N–H and O–H groups in total. The second kappa shape index (κ2) is 8.15. The molecule has 0 fully saturated rings. The number of anilines is 1. The zero-order valence-corrected chi connectivity index (χ0v) is 19.3. The number of nitrogens with two attached hydrogens (primary N) is 2. The number of pyridine rings is 3. The van der Waals surface area contributed by atoms with Gasteiger partial charge in [-0.2, -0.15) is 0 Å². The SMILES string of the molecule is CN(C)S(=O)(=O)c1cc(-c2ccc3nccc(-c4cncc(S(N)(=O)=O)c4)c3c2)cnc1N. The maximum Gasteiger partial charge on any atom is 0.246 e. The van der Waals surface area contributed by atoms with Crippen LogP contribution in [0.15, 0.2) is 71.0 Å². The summed E-state index contributed by atoms with van der Waals surface area (Å²) in [6.45, 7) is 0. The van der Waals surface area contributed by atoms with Crippen LogP contribution in [0, 0.1) is 0 Å². The van der Waals surface area contributed by atoms with Crippen LogP contribution in [0.5, 0.6) is 0 Å². The van der Waals surface area contributed by atoms with Crippen LogP contribution in [0.3, 0.4) is 0 Å². The predicted octanol–water partition coefficient (Wildman–Crippen LogP) is 1.84. The van der Waals surface area contributed by atoms with Crippen molar-refractivity contribution in [1.29, 1.82) is 0 Å². The highest BCUT2D eigenvalue weighted by molar-refractivity contribution is 7.89. The Balaban J connectivity index is 1.91. The summed E-state index contributed by atoms with van der Waals surface area (Å²) in [5.74, 6) is -0.0959. The van der Waals surface area contributed by atoms with E-state index in [1.165, 1.54) is 44.8 Å². The van der Waals surface area contributed by atoms with Gasteiger partial charge in [0.25, 0.3) is 0 Å². The molecule has 4 aromatic rings. The van der Waals surface area contributed by atoms with Gasteiger partial charge < -0.3 is 5.73 Å². The molecule has 0 spiro atoms. The molecule has 0 aliphatic heterocycles. The minimum absolute atomic E-state index is 0.0958. The highest BCUT2D eigenvalue weighted by atomic mass is 32.2. The van der Waals surface area contributed by atoms with Gasteiger partial charge in [-0.25, -0.2) is 31.3 Å². The van der Waals surface area contributed by atoms with Crippen molar-refractivity contribution in [2.24, 2.45) is 5.14 Å². The van der Waals surface area contributed by atoms with Crippen LogP contribution in [0.25, 0.3) is 33.2 Å². The van der Waals surface area contributed by atoms with Gasteiger partial charge in [0.15, 0.2) is 0 Å². The van der Waals surface area contributed by atoms with Gasteiger partial charge in [0, 0.05) is 55.4 Å². The van der Waals surface area contributed by atoms with E-state index in [4.69, 9.17) is 10.9 Å². The number of rotatable bonds is 5. The summed E-state index contributed by atoms with van der Waals surface area (Å²) in [5.41, 5.74) is 8.93. The number of benzene rings is 1. The Labute approximate surface area is 191 Å². The number of fused-ring (bicyclic) bond motifs is 1. The van der Waals surface area contributed by atoms with Crippen molar-refractivity contribution in [2.75, 3.05) is 19.8 Å². The average molecular weight is 485 g/mol. The van der Waals surface area contributed by atoms with Crippen molar-refractivity contribution in [3.05, 3.63) is 61.2 Å². The Kier molecular flexibility index (Phi) is 5.62. The zero-order chi connectivity index (χ0) is 24.0. The molecule has 4 rings (SSSR count). The number of nitrogens with zero attached hydrogens (tertiary/aromatic N) is 4. The summed E-state index contributed by atoms with van der Waals surface area (Å²) >= 11 is 0. The lowest BCUT2D eigenvalue weighted by molar-refractivity contribution is 0.521. The van der Waals surface area contributed by atoms with Gasteiger partial charge in [0.2, 0.25) is 20.0 Å². The molecule has 0 atom stereocenters. The molecule has 170 valence electrons. The van der Waals surface area contributed by atoms with Gasteiger partial charge in [-0.1, -0.05) is 6.07 Å². The lowest BCUT2D eigenvalue weighted by Crippen LogP contribution is -2.23. The Hall–Kier alpha value is -3.45. The average Bonchev–Trinajstić information content (AvgIpc) is 2.78. The Morgan fingerprint density at radius 1 is 0.848 bits per heavy atom. The minimum atomic E-state index is -3.93. The molecule has 0 saturated heterocycles. The molecule has 33 heavy (non-hydrogen) atoms. The number of aromatic nitrogens is 3. The van der Waals surface area contributed by atoms with E-state index in [0.717, 1.165) is 4.31 Å². The number of hydrogen-bond donors (Lipinski definition) is 2. The van der Waals surface area contributed by atoms with Crippen molar-refractivity contribution < 1.29 is 16.8 Å². The third-order valence-electron chi connectivity index (χ3n) is 5.07. The van der Waals surface area contributed by atoms with Crippen molar-refractivity contribution in [2.45, 2.75) is 9.79 Å². The second-order valence-corrected chi connectivity index (χ2v) is 11.1. The van der Waals surface area contributed by atoms with E-state index in [0.29, 0.717) is 33.2 Å². The van der Waals surface area contributed by atoms with Gasteiger partial charge in [-0.05, 0) is 41.5 Å². The van der Waals surface area contributed by atoms with Crippen molar-refractivity contribution >= 4 is 36.8 Å². The van der Waals surface area contributed by atoms with E-state index in [1.54, 1.807) is 24.4 Å². The summed E-state index contributed by atoms with van der Waals surface area (Å²) in [6.07, 6.45) is 5.81. The van der Waals surface area contributed by atoms with Crippen LogP contribution < -0.4 is 10.9 Å². The van der Waals surface area contributed by atoms with Crippen molar-refractivity contribution in [1.82, 2.24) is 19.3 Å². The minimum Gasteiger partial charge on any atom is -0.383 e. The molecule has 0 aliphatic rings. The van der Waals surface area contributed by atoms with Gasteiger partial charge in [0.1, 0.15) is 15.6 Å². The molecule has 0 aliphatic carbocycles. The van der Waals surface area contributed by atoms with Crippen LogP contribution in [0.4, 0.5) is 5.82 Å². The first kappa shape index (κ1) is 22.7. The largest absolute Gasteiger partial charge is 0.383 e. The fourth-order valence-corrected chi connectivity index (χ4v) is 4.80. The van der Waals surface area contributed by atoms with Crippen LogP contribution >= 0.6 is 0 Å². The first-order chi connectivity index (χ1) is 15.5. The monoisotopic (exact) mass is 484 g/mol. The van der Waals surface area contributed by atoms with E-state index < -0.39 is 20.0 Å². The number of nitrogen functional groups attached to an aromatic ring is 1. The van der Waals surface area contributed by atoms with Gasteiger partial charge in [0.05, 0.1) is 5.52 Å². The number of sulfonamides is 2. The second-order valence-electron chi connectivity index (χ2n) is 7.44. The third-order valence-corrected chi connectivity index (χ3v) is 7.79. The van der Waals surface area contributed by atoms with Crippen molar-refractivity contribution in [3.8, 4) is 22.3 Å². The summed E-state index contributed by atoms with van der Waals surface area (Å²) in [4.78, 5) is 12.2. The molecule has 12 heteroatoms. The van der Waals surface area contributed by atoms with Crippen LogP contribution in [-0.4, -0.2) is 50.2 Å². The molecule has 3 heterocycles. The standard InChI is InChI=1S/C21H20N6O4S2/c1-27(2)33(30,31)20-9-14(11-26-21(20)22)13-3-4-19-18(8-13)17(5-6-25-19)15-7-16(12-24-10-15)32(23,28)29/h3-12H,1-2H3,(H2,22,26)(H2,23,28,29). The van der Waals surface area contributed by atoms with Crippen LogP contribution in [0.1, 0.15) is 0 Å². The lowest BCUT2D eigenvalue weighted by atomic mass is 9.99. The Morgan fingerprint density at radius 2 is 1.61 bits per heavy atom. The maximum absolute atomic E-state index is 12.6. The highest BCUT2D eigenvalue weighted by Crippen LogP contribution is 2.33. The molecule has 0 saturated carbocycles. The molecule has 3 aromatic heterocycles. The van der Waals surface area contributed by atoms with Gasteiger partial charge in [-0.3, -0.25) is 9.97 Å². The first-order valence-electron chi connectivity index (χ1n) is 9.54. The molecule has 0 unspecified atom stereocenters. The first-order valence-corrected chi connectivity index (χ1v) is 12.5. The Morgan fingerprint density at radius 3 is 2.30 bits per heavy atom. The summed E-state index contributed by atoms with van der Waals surface area (Å²) < 4.78 is 49.9. The third kappa shape index (κ3) is 4.28. The number of primary sulfonamides is 1. The fourth-order valence-electron chi connectivity index (χ4n) is 3.32. The van der Waals surface area contributed by atoms with Gasteiger partial charge >= 0.3 is 0 Å². The topological polar surface area (TPSA) is 162 Å². The maximum atomic E-state index is 12.6. The van der Waals surface area contributed by atoms with E-state index >= 15 is 0 Å². The van der Waals surface area contributed by atoms with Crippen molar-refractivity contribution in [3.63, 3.8) is 0 Å². The molecule has 10 nitrogen and oxygen atoms in total. The van der Waals surface area contributed by atoms with E-state index in [9.17, 15) is 16.8 Å². The molecular formula is C21H20N6O4S2. The summed E-state index contributed by atoms with van der Waals surface area (Å²) in [6, 6.07) is 10.0. The smallest absolute Gasteiger partial charge is 0.246 e. The molecule has 0 radical (unpaired) electrons. The molecular weight excluding hydrogens is 464 g/mol. The summed E-state index contributed by atoms with van der Waals surface area (Å²) in [7, 11) is -4.89. The lowest BCUT2D eigenvalue weighted by Gasteiger charge is -2.14. The van der Waals surface area contributed by atoms with Crippen LogP contribution in [-0.2, 0) is 20.0 Å². The quantitative estimate of drug-likeness (QED) is 0.433. The van der Waals surface area contributed by atoms with E-state index in [1.807, 2.05) is 6.07 Å². The number of hydrogen-bond acceptors (Lipinski definition) is 8. The van der Waals surface area contributed by atoms with E-state index in [-0.39, 0.29) is 15.6 Å². The van der Waals surface area contributed by atoms with E-state index in [2.05, 4.69) is 15.0 Å². The normalized spacial score (nSPS) is 12.4. The predicted molar refractivity (Wildman–Crippen MR) is 125 cm³/mol. The fraction of sp³-hybridized carbons (Fsp3) is 0.0952. The molecule has 1 aromatic carbocycles. The highest BCUT2D eigenvalue weighted by Gasteiger charge is 2.22. The molecule has 0 amide bonds. The van der Waals surface area contributed by atoms with Gasteiger partial charge in [-0.15, -0.1) is 0 Å². The molecule has 0 bridgehead atoms. The summed E-state index contributed by atoms with van der Waals surface area (Å²) in [5, 5.41) is 5.96. The zero-order valence-electron chi connectivity index (χ0n) is 17.7. The Bertz CT molecular complexity index is 1600. The van der Waals surface area contributed by atoms with Crippen LogP contribution in [0.2, 0.25) is 0 Å².